The van der Waals surface area contributed by atoms with Gasteiger partial charge in [-0.15, -0.1) is 0 Å². The van der Waals surface area contributed by atoms with Crippen molar-refractivity contribution in [1.82, 2.24) is 4.98 Å². The third-order valence-electron chi connectivity index (χ3n) is 2.14. The number of esters is 1. The molecule has 0 aliphatic rings. The molecule has 3 nitrogen and oxygen atoms in total. The van der Waals surface area contributed by atoms with Gasteiger partial charge in [-0.05, 0) is 39.5 Å². The van der Waals surface area contributed by atoms with E-state index in [1.807, 2.05) is 12.1 Å². The van der Waals surface area contributed by atoms with Gasteiger partial charge in [-0.2, -0.15) is 0 Å². The molecule has 0 N–H and O–H groups in total. The molecule has 15 heavy (non-hydrogen) atoms. The molecular weight excluding hydrogens is 258 g/mol. The number of rotatable bonds is 1. The molecule has 4 heteroatoms. The lowest BCUT2D eigenvalue weighted by atomic mass is 10.1. The van der Waals surface area contributed by atoms with Crippen LogP contribution in [0.3, 0.4) is 0 Å². The molecular formula is C11H8BrNO2. The number of benzene rings is 1. The van der Waals surface area contributed by atoms with Crippen molar-refractivity contribution in [2.75, 3.05) is 7.11 Å². The van der Waals surface area contributed by atoms with Crippen LogP contribution in [-0.2, 0) is 4.74 Å². The molecule has 0 bridgehead atoms. The van der Waals surface area contributed by atoms with Crippen molar-refractivity contribution in [2.45, 2.75) is 0 Å². The lowest BCUT2D eigenvalue weighted by Gasteiger charge is -2.02. The van der Waals surface area contributed by atoms with Gasteiger partial charge in [-0.3, -0.25) is 0 Å². The van der Waals surface area contributed by atoms with Gasteiger partial charge < -0.3 is 4.74 Å². The third-order valence-corrected chi connectivity index (χ3v) is 2.77. The molecule has 0 fully saturated rings. The van der Waals surface area contributed by atoms with Crippen LogP contribution in [0.25, 0.3) is 10.8 Å². The van der Waals surface area contributed by atoms with E-state index in [0.717, 1.165) is 15.4 Å². The Morgan fingerprint density at radius 3 is 2.93 bits per heavy atom. The molecule has 1 aromatic carbocycles. The maximum atomic E-state index is 11.3. The first-order chi connectivity index (χ1) is 7.22. The number of methoxy groups -OCH3 is 1. The highest BCUT2D eigenvalue weighted by molar-refractivity contribution is 9.10. The number of hydrogen-bond donors (Lipinski definition) is 0. The zero-order valence-corrected chi connectivity index (χ0v) is 9.61. The molecule has 2 rings (SSSR count). The van der Waals surface area contributed by atoms with E-state index in [4.69, 9.17) is 0 Å². The maximum absolute atomic E-state index is 11.3. The molecule has 0 atom stereocenters. The Morgan fingerprint density at radius 1 is 1.40 bits per heavy atom. The van der Waals surface area contributed by atoms with Gasteiger partial charge in [-0.1, -0.05) is 6.07 Å². The molecule has 76 valence electrons. The molecule has 0 unspecified atom stereocenters. The Balaban J connectivity index is 2.64. The molecule has 0 amide bonds. The predicted octanol–water partition coefficient (Wildman–Crippen LogP) is 2.78. The topological polar surface area (TPSA) is 39.2 Å². The number of aromatic nitrogens is 1. The second kappa shape index (κ2) is 3.98. The first-order valence-electron chi connectivity index (χ1n) is 4.35. The largest absolute Gasteiger partial charge is 0.465 e. The van der Waals surface area contributed by atoms with Gasteiger partial charge in [0.15, 0.2) is 0 Å². The van der Waals surface area contributed by atoms with Crippen molar-refractivity contribution >= 4 is 32.7 Å². The van der Waals surface area contributed by atoms with Gasteiger partial charge in [0, 0.05) is 11.6 Å². The van der Waals surface area contributed by atoms with Crippen LogP contribution in [0.15, 0.2) is 35.1 Å². The number of fused-ring (bicyclic) bond motifs is 1. The third kappa shape index (κ3) is 1.85. The van der Waals surface area contributed by atoms with Crippen LogP contribution in [0.2, 0.25) is 0 Å². The van der Waals surface area contributed by atoms with Gasteiger partial charge in [0.1, 0.15) is 4.60 Å². The van der Waals surface area contributed by atoms with Crippen LogP contribution in [0.1, 0.15) is 10.4 Å². The quantitative estimate of drug-likeness (QED) is 0.588. The van der Waals surface area contributed by atoms with Crippen molar-refractivity contribution in [2.24, 2.45) is 0 Å². The van der Waals surface area contributed by atoms with Crippen molar-refractivity contribution in [3.05, 3.63) is 40.6 Å². The van der Waals surface area contributed by atoms with E-state index in [2.05, 4.69) is 25.7 Å². The summed E-state index contributed by atoms with van der Waals surface area (Å²) >= 11 is 3.34. The number of carbonyl (C=O) groups excluding carboxylic acids is 1. The SMILES string of the molecule is COC(=O)c1ccc2ccnc(Br)c2c1. The van der Waals surface area contributed by atoms with Crippen LogP contribution in [-0.4, -0.2) is 18.1 Å². The first kappa shape index (κ1) is 10.1. The van der Waals surface area contributed by atoms with Crippen LogP contribution in [0, 0.1) is 0 Å². The van der Waals surface area contributed by atoms with E-state index >= 15 is 0 Å². The summed E-state index contributed by atoms with van der Waals surface area (Å²) < 4.78 is 5.38. The van der Waals surface area contributed by atoms with Crippen LogP contribution in [0.5, 0.6) is 0 Å². The van der Waals surface area contributed by atoms with Gasteiger partial charge in [-0.25, -0.2) is 9.78 Å². The number of halogens is 1. The van der Waals surface area contributed by atoms with Crippen LogP contribution >= 0.6 is 15.9 Å². The summed E-state index contributed by atoms with van der Waals surface area (Å²) in [5.74, 6) is -0.340. The molecule has 0 aliphatic carbocycles. The van der Waals surface area contributed by atoms with Crippen molar-refractivity contribution in [3.63, 3.8) is 0 Å². The fraction of sp³-hybridized carbons (Fsp3) is 0.0909. The highest BCUT2D eigenvalue weighted by Crippen LogP contribution is 2.22. The Bertz CT molecular complexity index is 525. The zero-order valence-electron chi connectivity index (χ0n) is 8.03. The second-order valence-electron chi connectivity index (χ2n) is 3.03. The average molecular weight is 266 g/mol. The summed E-state index contributed by atoms with van der Waals surface area (Å²) in [6.45, 7) is 0. The van der Waals surface area contributed by atoms with E-state index in [0.29, 0.717) is 5.56 Å². The monoisotopic (exact) mass is 265 g/mol. The first-order valence-corrected chi connectivity index (χ1v) is 5.14. The fourth-order valence-corrected chi connectivity index (χ4v) is 1.84. The minimum absolute atomic E-state index is 0.340. The lowest BCUT2D eigenvalue weighted by Crippen LogP contribution is -2.00. The van der Waals surface area contributed by atoms with Crippen molar-refractivity contribution < 1.29 is 9.53 Å². The van der Waals surface area contributed by atoms with Crippen LogP contribution in [0.4, 0.5) is 0 Å². The van der Waals surface area contributed by atoms with Gasteiger partial charge in [0.2, 0.25) is 0 Å². The maximum Gasteiger partial charge on any atom is 0.337 e. The highest BCUT2D eigenvalue weighted by Gasteiger charge is 2.07. The van der Waals surface area contributed by atoms with Gasteiger partial charge >= 0.3 is 5.97 Å². The van der Waals surface area contributed by atoms with Gasteiger partial charge in [0.25, 0.3) is 0 Å². The number of nitrogens with zero attached hydrogens (tertiary/aromatic N) is 1. The Labute approximate surface area is 95.2 Å². The summed E-state index contributed by atoms with van der Waals surface area (Å²) in [5.41, 5.74) is 0.527. The molecule has 2 aromatic rings. The predicted molar refractivity (Wildman–Crippen MR) is 60.8 cm³/mol. The van der Waals surface area contributed by atoms with E-state index in [1.165, 1.54) is 7.11 Å². The molecule has 0 aliphatic heterocycles. The summed E-state index contributed by atoms with van der Waals surface area (Å²) in [6.07, 6.45) is 1.71. The molecule has 0 radical (unpaired) electrons. The number of hydrogen-bond acceptors (Lipinski definition) is 3. The summed E-state index contributed by atoms with van der Waals surface area (Å²) in [5, 5.41) is 1.94. The smallest absolute Gasteiger partial charge is 0.337 e. The minimum Gasteiger partial charge on any atom is -0.465 e. The molecule has 0 spiro atoms. The number of carbonyl (C=O) groups is 1. The second-order valence-corrected chi connectivity index (χ2v) is 3.78. The molecule has 0 saturated carbocycles. The van der Waals surface area contributed by atoms with E-state index < -0.39 is 0 Å². The van der Waals surface area contributed by atoms with E-state index in [-0.39, 0.29) is 5.97 Å². The number of ether oxygens (including phenoxy) is 1. The Hall–Kier alpha value is -1.42. The summed E-state index contributed by atoms with van der Waals surface area (Å²) in [6, 6.07) is 7.26. The average Bonchev–Trinajstić information content (AvgIpc) is 2.28. The fourth-order valence-electron chi connectivity index (χ4n) is 1.38. The van der Waals surface area contributed by atoms with Gasteiger partial charge in [0.05, 0.1) is 12.7 Å². The standard InChI is InChI=1S/C11H8BrNO2/c1-15-11(14)8-3-2-7-4-5-13-10(12)9(7)6-8/h2-6H,1H3. The highest BCUT2D eigenvalue weighted by atomic mass is 79.9. The molecule has 0 saturated heterocycles. The zero-order chi connectivity index (χ0) is 10.8. The minimum atomic E-state index is -0.340. The Morgan fingerprint density at radius 2 is 2.20 bits per heavy atom. The van der Waals surface area contributed by atoms with Crippen LogP contribution < -0.4 is 0 Å². The lowest BCUT2D eigenvalue weighted by molar-refractivity contribution is 0.0601. The van der Waals surface area contributed by atoms with E-state index in [1.54, 1.807) is 18.3 Å². The van der Waals surface area contributed by atoms with Crippen molar-refractivity contribution in [1.29, 1.82) is 0 Å². The molecule has 1 heterocycles. The number of pyridine rings is 1. The summed E-state index contributed by atoms with van der Waals surface area (Å²) in [4.78, 5) is 15.4. The molecule has 1 aromatic heterocycles. The summed E-state index contributed by atoms with van der Waals surface area (Å²) in [7, 11) is 1.37. The normalized spacial score (nSPS) is 10.3. The van der Waals surface area contributed by atoms with E-state index in [9.17, 15) is 4.79 Å². The van der Waals surface area contributed by atoms with Crippen molar-refractivity contribution in [3.8, 4) is 0 Å². The Kier molecular flexibility index (Phi) is 2.68.